The number of aryl methyl sites for hydroxylation is 2. The summed E-state index contributed by atoms with van der Waals surface area (Å²) in [5.74, 6) is 1.24. The van der Waals surface area contributed by atoms with Gasteiger partial charge in [-0.15, -0.1) is 0 Å². The molecule has 0 atom stereocenters. The fourth-order valence-electron chi connectivity index (χ4n) is 4.19. The fourth-order valence-corrected chi connectivity index (χ4v) is 4.19. The number of methoxy groups -OCH3 is 1. The molecule has 0 saturated carbocycles. The van der Waals surface area contributed by atoms with E-state index in [2.05, 4.69) is 11.1 Å². The number of carbonyl (C=O) groups is 1. The largest absolute Gasteiger partial charge is 0.465 e. The number of esters is 1. The van der Waals surface area contributed by atoms with Crippen molar-refractivity contribution in [3.63, 3.8) is 0 Å². The molecule has 0 bridgehead atoms. The summed E-state index contributed by atoms with van der Waals surface area (Å²) in [5.41, 5.74) is 6.00. The van der Waals surface area contributed by atoms with Crippen molar-refractivity contribution in [2.75, 3.05) is 7.11 Å². The number of benzene rings is 3. The number of carbonyl (C=O) groups excluding carboxylic acids is 1. The Bertz CT molecular complexity index is 1680. The lowest BCUT2D eigenvalue weighted by Gasteiger charge is -2.05. The van der Waals surface area contributed by atoms with Gasteiger partial charge in [0.25, 0.3) is 0 Å². The van der Waals surface area contributed by atoms with Crippen LogP contribution in [0, 0.1) is 25.2 Å². The third-order valence-electron chi connectivity index (χ3n) is 6.19. The van der Waals surface area contributed by atoms with Crippen LogP contribution in [0.25, 0.3) is 33.8 Å². The molecular formula is C32H24N2O4. The summed E-state index contributed by atoms with van der Waals surface area (Å²) < 4.78 is 17.0. The quantitative estimate of drug-likeness (QED) is 0.175. The van der Waals surface area contributed by atoms with Gasteiger partial charge >= 0.3 is 5.97 Å². The SMILES string of the molecule is COC(=O)c1ccccc1-c1ccc(C=Nc2oc(-c3ccc(C)cc3)c(-c3ccc(C)cc3)c2C#N)o1. The average Bonchev–Trinajstić information content (AvgIpc) is 3.57. The average molecular weight is 501 g/mol. The van der Waals surface area contributed by atoms with Crippen LogP contribution in [-0.4, -0.2) is 19.3 Å². The monoisotopic (exact) mass is 500 g/mol. The van der Waals surface area contributed by atoms with Gasteiger partial charge in [0.2, 0.25) is 5.88 Å². The first kappa shape index (κ1) is 24.5. The van der Waals surface area contributed by atoms with Gasteiger partial charge in [0.05, 0.1) is 18.9 Å². The van der Waals surface area contributed by atoms with Crippen LogP contribution < -0.4 is 0 Å². The highest BCUT2D eigenvalue weighted by atomic mass is 16.5. The van der Waals surface area contributed by atoms with Crippen molar-refractivity contribution >= 4 is 18.1 Å². The molecule has 0 aliphatic carbocycles. The van der Waals surface area contributed by atoms with Gasteiger partial charge in [0.15, 0.2) is 0 Å². The van der Waals surface area contributed by atoms with E-state index in [9.17, 15) is 10.1 Å². The molecule has 38 heavy (non-hydrogen) atoms. The Labute approximate surface area is 220 Å². The van der Waals surface area contributed by atoms with E-state index in [0.717, 1.165) is 22.3 Å². The Balaban J connectivity index is 1.56. The van der Waals surface area contributed by atoms with Crippen LogP contribution in [0.4, 0.5) is 5.88 Å². The van der Waals surface area contributed by atoms with E-state index in [-0.39, 0.29) is 5.88 Å². The molecule has 0 radical (unpaired) electrons. The number of furan rings is 2. The molecule has 3 aromatic carbocycles. The molecule has 6 nitrogen and oxygen atoms in total. The van der Waals surface area contributed by atoms with Crippen molar-refractivity contribution in [1.29, 1.82) is 5.26 Å². The van der Waals surface area contributed by atoms with Crippen molar-refractivity contribution in [3.8, 4) is 39.8 Å². The van der Waals surface area contributed by atoms with E-state index in [1.54, 1.807) is 30.3 Å². The van der Waals surface area contributed by atoms with Gasteiger partial charge in [-0.05, 0) is 37.6 Å². The summed E-state index contributed by atoms with van der Waals surface area (Å²) >= 11 is 0. The maximum Gasteiger partial charge on any atom is 0.338 e. The van der Waals surface area contributed by atoms with Crippen LogP contribution in [0.1, 0.15) is 32.8 Å². The first-order valence-electron chi connectivity index (χ1n) is 12.0. The number of nitriles is 1. The minimum atomic E-state index is -0.450. The van der Waals surface area contributed by atoms with E-state index in [1.165, 1.54) is 13.3 Å². The molecule has 0 N–H and O–H groups in total. The summed E-state index contributed by atoms with van der Waals surface area (Å²) in [4.78, 5) is 16.7. The summed E-state index contributed by atoms with van der Waals surface area (Å²) in [6.45, 7) is 4.03. The standard InChI is InChI=1S/C32H24N2O4/c1-20-8-12-22(13-9-20)29-27(18-33)31(38-30(29)23-14-10-21(2)11-15-23)34-19-24-16-17-28(37-24)25-6-4-5-7-26(25)32(35)36-3/h4-17,19H,1-3H3. The van der Waals surface area contributed by atoms with E-state index in [1.807, 2.05) is 68.4 Å². The lowest BCUT2D eigenvalue weighted by molar-refractivity contribution is 0.0601. The Kier molecular flexibility index (Phi) is 6.75. The van der Waals surface area contributed by atoms with Crippen LogP contribution in [0.2, 0.25) is 0 Å². The molecule has 6 heteroatoms. The van der Waals surface area contributed by atoms with Crippen LogP contribution in [0.15, 0.2) is 98.8 Å². The Morgan fingerprint density at radius 2 is 1.53 bits per heavy atom. The highest BCUT2D eigenvalue weighted by molar-refractivity contribution is 5.97. The molecule has 0 aliphatic rings. The lowest BCUT2D eigenvalue weighted by Crippen LogP contribution is -2.02. The minimum Gasteiger partial charge on any atom is -0.465 e. The zero-order valence-electron chi connectivity index (χ0n) is 21.2. The first-order chi connectivity index (χ1) is 18.5. The zero-order chi connectivity index (χ0) is 26.6. The van der Waals surface area contributed by atoms with Crippen molar-refractivity contribution < 1.29 is 18.4 Å². The molecule has 5 aromatic rings. The molecular weight excluding hydrogens is 476 g/mol. The van der Waals surface area contributed by atoms with Gasteiger partial charge in [0.1, 0.15) is 28.9 Å². The minimum absolute atomic E-state index is 0.187. The summed E-state index contributed by atoms with van der Waals surface area (Å²) in [5, 5.41) is 10.1. The van der Waals surface area contributed by atoms with Crippen molar-refractivity contribution in [2.45, 2.75) is 13.8 Å². The highest BCUT2D eigenvalue weighted by Crippen LogP contribution is 2.42. The summed E-state index contributed by atoms with van der Waals surface area (Å²) in [6.07, 6.45) is 1.50. The molecule has 186 valence electrons. The lowest BCUT2D eigenvalue weighted by atomic mass is 9.97. The molecule has 0 amide bonds. The fraction of sp³-hybridized carbons (Fsp3) is 0.0938. The maximum atomic E-state index is 12.2. The Hall–Kier alpha value is -5.15. The van der Waals surface area contributed by atoms with Crippen LogP contribution in [0.5, 0.6) is 0 Å². The Morgan fingerprint density at radius 1 is 0.868 bits per heavy atom. The second kappa shape index (κ2) is 10.5. The van der Waals surface area contributed by atoms with E-state index >= 15 is 0 Å². The molecule has 0 spiro atoms. The predicted molar refractivity (Wildman–Crippen MR) is 147 cm³/mol. The normalized spacial score (nSPS) is 11.0. The van der Waals surface area contributed by atoms with Gasteiger partial charge in [0, 0.05) is 16.7 Å². The van der Waals surface area contributed by atoms with E-state index in [4.69, 9.17) is 13.6 Å². The van der Waals surface area contributed by atoms with Crippen LogP contribution in [-0.2, 0) is 4.74 Å². The molecule has 0 saturated heterocycles. The highest BCUT2D eigenvalue weighted by Gasteiger charge is 2.23. The first-order valence-corrected chi connectivity index (χ1v) is 12.0. The number of aliphatic imine (C=N–C) groups is 1. The number of nitrogens with zero attached hydrogens (tertiary/aromatic N) is 2. The predicted octanol–water partition coefficient (Wildman–Crippen LogP) is 7.90. The zero-order valence-corrected chi connectivity index (χ0v) is 21.2. The number of rotatable bonds is 6. The van der Waals surface area contributed by atoms with Crippen molar-refractivity contribution in [2.24, 2.45) is 4.99 Å². The number of ether oxygens (including phenoxy) is 1. The van der Waals surface area contributed by atoms with E-state index < -0.39 is 5.97 Å². The van der Waals surface area contributed by atoms with Crippen molar-refractivity contribution in [1.82, 2.24) is 0 Å². The van der Waals surface area contributed by atoms with Gasteiger partial charge in [-0.2, -0.15) is 5.26 Å². The molecule has 0 unspecified atom stereocenters. The molecule has 5 rings (SSSR count). The van der Waals surface area contributed by atoms with Gasteiger partial charge in [-0.3, -0.25) is 0 Å². The Morgan fingerprint density at radius 3 is 2.18 bits per heavy atom. The second-order valence-corrected chi connectivity index (χ2v) is 8.83. The van der Waals surface area contributed by atoms with Crippen LogP contribution >= 0.6 is 0 Å². The van der Waals surface area contributed by atoms with Gasteiger partial charge < -0.3 is 13.6 Å². The molecule has 2 heterocycles. The van der Waals surface area contributed by atoms with Gasteiger partial charge in [-0.1, -0.05) is 77.9 Å². The smallest absolute Gasteiger partial charge is 0.338 e. The molecule has 0 aliphatic heterocycles. The molecule has 0 fully saturated rings. The second-order valence-electron chi connectivity index (χ2n) is 8.83. The van der Waals surface area contributed by atoms with E-state index in [0.29, 0.717) is 39.5 Å². The maximum absolute atomic E-state index is 12.2. The third kappa shape index (κ3) is 4.78. The third-order valence-corrected chi connectivity index (χ3v) is 6.19. The van der Waals surface area contributed by atoms with Crippen LogP contribution in [0.3, 0.4) is 0 Å². The van der Waals surface area contributed by atoms with Crippen molar-refractivity contribution in [3.05, 3.63) is 113 Å². The van der Waals surface area contributed by atoms with Gasteiger partial charge in [-0.25, -0.2) is 9.79 Å². The number of hydrogen-bond acceptors (Lipinski definition) is 6. The summed E-state index contributed by atoms with van der Waals surface area (Å²) in [7, 11) is 1.34. The number of hydrogen-bond donors (Lipinski definition) is 0. The topological polar surface area (TPSA) is 88.7 Å². The molecule has 2 aromatic heterocycles. The summed E-state index contributed by atoms with van der Waals surface area (Å²) in [6, 6.07) is 28.7.